The van der Waals surface area contributed by atoms with Crippen LogP contribution in [0, 0.1) is 6.92 Å². The number of aliphatic imine (C=N–C) groups is 1. The van der Waals surface area contributed by atoms with Crippen LogP contribution in [0.3, 0.4) is 0 Å². The first kappa shape index (κ1) is 13.9. The molecule has 1 aliphatic heterocycles. The Morgan fingerprint density at radius 2 is 2.37 bits per heavy atom. The Morgan fingerprint density at radius 3 is 3.05 bits per heavy atom. The minimum absolute atomic E-state index is 0.200. The molecule has 6 nitrogen and oxygen atoms in total. The van der Waals surface area contributed by atoms with Crippen LogP contribution < -0.4 is 5.73 Å². The first-order valence-electron chi connectivity index (χ1n) is 6.72. The number of guanidine groups is 1. The van der Waals surface area contributed by atoms with Crippen molar-refractivity contribution in [2.75, 3.05) is 19.7 Å². The number of ether oxygens (including phenoxy) is 1. The van der Waals surface area contributed by atoms with Gasteiger partial charge in [0, 0.05) is 18.7 Å². The molecule has 0 aromatic carbocycles. The van der Waals surface area contributed by atoms with Crippen molar-refractivity contribution >= 4 is 5.96 Å². The molecule has 19 heavy (non-hydrogen) atoms. The molecule has 0 radical (unpaired) electrons. The Kier molecular flexibility index (Phi) is 4.42. The van der Waals surface area contributed by atoms with Gasteiger partial charge < -0.3 is 19.9 Å². The zero-order valence-electron chi connectivity index (χ0n) is 11.8. The number of rotatable bonds is 3. The largest absolute Gasteiger partial charge is 0.375 e. The van der Waals surface area contributed by atoms with Crippen LogP contribution in [-0.4, -0.2) is 41.8 Å². The van der Waals surface area contributed by atoms with Crippen LogP contribution in [0.2, 0.25) is 0 Å². The molecule has 2 heterocycles. The van der Waals surface area contributed by atoms with Crippen molar-refractivity contribution in [3.05, 3.63) is 17.0 Å². The van der Waals surface area contributed by atoms with Gasteiger partial charge in [-0.05, 0) is 20.3 Å². The lowest BCUT2D eigenvalue weighted by Crippen LogP contribution is -2.47. The van der Waals surface area contributed by atoms with E-state index in [9.17, 15) is 0 Å². The van der Waals surface area contributed by atoms with E-state index < -0.39 is 0 Å². The van der Waals surface area contributed by atoms with Crippen LogP contribution in [-0.2, 0) is 17.7 Å². The smallest absolute Gasteiger partial charge is 0.191 e. The molecule has 1 aromatic rings. The van der Waals surface area contributed by atoms with E-state index in [-0.39, 0.29) is 6.10 Å². The number of nitrogens with two attached hydrogens (primary N) is 1. The first-order chi connectivity index (χ1) is 9.11. The molecule has 0 amide bonds. The molecular weight excluding hydrogens is 244 g/mol. The van der Waals surface area contributed by atoms with Crippen LogP contribution in [0.4, 0.5) is 0 Å². The quantitative estimate of drug-likeness (QED) is 0.654. The molecule has 1 atom stereocenters. The van der Waals surface area contributed by atoms with Crippen LogP contribution in [0.15, 0.2) is 9.52 Å². The molecule has 1 unspecified atom stereocenters. The van der Waals surface area contributed by atoms with Gasteiger partial charge in [-0.1, -0.05) is 12.1 Å². The molecule has 1 fully saturated rings. The SMILES string of the molecule is CCc1noc(C)c1CN=C(N)N1CCOC(C)C1. The van der Waals surface area contributed by atoms with Gasteiger partial charge in [-0.3, -0.25) is 0 Å². The van der Waals surface area contributed by atoms with Gasteiger partial charge in [-0.25, -0.2) is 4.99 Å². The zero-order valence-corrected chi connectivity index (χ0v) is 11.8. The summed E-state index contributed by atoms with van der Waals surface area (Å²) in [5.41, 5.74) is 8.05. The highest BCUT2D eigenvalue weighted by atomic mass is 16.5. The van der Waals surface area contributed by atoms with Crippen LogP contribution in [0.1, 0.15) is 30.9 Å². The third kappa shape index (κ3) is 3.26. The summed E-state index contributed by atoms with van der Waals surface area (Å²) in [6.45, 7) is 8.81. The highest BCUT2D eigenvalue weighted by Gasteiger charge is 2.18. The second-order valence-corrected chi connectivity index (χ2v) is 4.82. The Balaban J connectivity index is 2.02. The van der Waals surface area contributed by atoms with Gasteiger partial charge in [0.05, 0.1) is 24.9 Å². The highest BCUT2D eigenvalue weighted by Crippen LogP contribution is 2.15. The lowest BCUT2D eigenvalue weighted by Gasteiger charge is -2.31. The first-order valence-corrected chi connectivity index (χ1v) is 6.72. The Labute approximate surface area is 113 Å². The number of aryl methyl sites for hydroxylation is 2. The van der Waals surface area contributed by atoms with Crippen molar-refractivity contribution < 1.29 is 9.26 Å². The molecule has 1 aliphatic rings. The number of hydrogen-bond donors (Lipinski definition) is 1. The molecule has 106 valence electrons. The van der Waals surface area contributed by atoms with Gasteiger partial charge in [0.1, 0.15) is 5.76 Å². The van der Waals surface area contributed by atoms with Gasteiger partial charge in [0.2, 0.25) is 0 Å². The van der Waals surface area contributed by atoms with E-state index in [1.54, 1.807) is 0 Å². The van der Waals surface area contributed by atoms with E-state index in [0.717, 1.165) is 36.5 Å². The summed E-state index contributed by atoms with van der Waals surface area (Å²) in [6.07, 6.45) is 1.04. The summed E-state index contributed by atoms with van der Waals surface area (Å²) in [6, 6.07) is 0. The van der Waals surface area contributed by atoms with Crippen molar-refractivity contribution in [2.45, 2.75) is 39.8 Å². The normalized spacial score (nSPS) is 20.9. The average molecular weight is 266 g/mol. The second-order valence-electron chi connectivity index (χ2n) is 4.82. The molecule has 0 saturated carbocycles. The van der Waals surface area contributed by atoms with E-state index in [1.165, 1.54) is 0 Å². The minimum atomic E-state index is 0.200. The predicted molar refractivity (Wildman–Crippen MR) is 72.9 cm³/mol. The van der Waals surface area contributed by atoms with Crippen molar-refractivity contribution in [2.24, 2.45) is 10.7 Å². The van der Waals surface area contributed by atoms with Gasteiger partial charge in [0.15, 0.2) is 5.96 Å². The van der Waals surface area contributed by atoms with E-state index in [1.807, 2.05) is 13.8 Å². The molecule has 0 spiro atoms. The van der Waals surface area contributed by atoms with Gasteiger partial charge in [0.25, 0.3) is 0 Å². The summed E-state index contributed by atoms with van der Waals surface area (Å²) in [5.74, 6) is 1.39. The van der Waals surface area contributed by atoms with Crippen molar-refractivity contribution in [1.82, 2.24) is 10.1 Å². The molecule has 0 bridgehead atoms. The van der Waals surface area contributed by atoms with Crippen LogP contribution in [0.5, 0.6) is 0 Å². The monoisotopic (exact) mass is 266 g/mol. The number of nitrogens with zero attached hydrogens (tertiary/aromatic N) is 3. The van der Waals surface area contributed by atoms with Crippen molar-refractivity contribution in [1.29, 1.82) is 0 Å². The van der Waals surface area contributed by atoms with Gasteiger partial charge in [-0.15, -0.1) is 0 Å². The van der Waals surface area contributed by atoms with Crippen LogP contribution >= 0.6 is 0 Å². The summed E-state index contributed by atoms with van der Waals surface area (Å²) >= 11 is 0. The molecule has 2 rings (SSSR count). The summed E-state index contributed by atoms with van der Waals surface area (Å²) in [7, 11) is 0. The number of morpholine rings is 1. The summed E-state index contributed by atoms with van der Waals surface area (Å²) in [5, 5.41) is 4.02. The summed E-state index contributed by atoms with van der Waals surface area (Å²) in [4.78, 5) is 6.52. The fourth-order valence-electron chi connectivity index (χ4n) is 2.20. The average Bonchev–Trinajstić information content (AvgIpc) is 2.76. The van der Waals surface area contributed by atoms with Crippen molar-refractivity contribution in [3.63, 3.8) is 0 Å². The maximum atomic E-state index is 6.04. The maximum Gasteiger partial charge on any atom is 0.191 e. The molecule has 1 aromatic heterocycles. The number of hydrogen-bond acceptors (Lipinski definition) is 4. The Bertz CT molecular complexity index is 455. The lowest BCUT2D eigenvalue weighted by molar-refractivity contribution is 0.00528. The molecule has 1 saturated heterocycles. The molecule has 6 heteroatoms. The highest BCUT2D eigenvalue weighted by molar-refractivity contribution is 5.78. The van der Waals surface area contributed by atoms with E-state index in [2.05, 4.69) is 22.0 Å². The standard InChI is InChI=1S/C13H22N4O2/c1-4-12-11(10(3)19-16-12)7-15-13(14)17-5-6-18-9(2)8-17/h9H,4-8H2,1-3H3,(H2,14,15). The minimum Gasteiger partial charge on any atom is -0.375 e. The number of aromatic nitrogens is 1. The lowest BCUT2D eigenvalue weighted by atomic mass is 10.1. The predicted octanol–water partition coefficient (Wildman–Crippen LogP) is 1.08. The van der Waals surface area contributed by atoms with Gasteiger partial charge in [-0.2, -0.15) is 0 Å². The maximum absolute atomic E-state index is 6.04. The fourth-order valence-corrected chi connectivity index (χ4v) is 2.20. The second kappa shape index (κ2) is 6.06. The van der Waals surface area contributed by atoms with E-state index >= 15 is 0 Å². The van der Waals surface area contributed by atoms with Crippen LogP contribution in [0.25, 0.3) is 0 Å². The zero-order chi connectivity index (χ0) is 13.8. The van der Waals surface area contributed by atoms with Gasteiger partial charge >= 0.3 is 0 Å². The topological polar surface area (TPSA) is 76.9 Å². The third-order valence-corrected chi connectivity index (χ3v) is 3.37. The molecule has 2 N–H and O–H groups in total. The Hall–Kier alpha value is -1.56. The third-order valence-electron chi connectivity index (χ3n) is 3.37. The fraction of sp³-hybridized carbons (Fsp3) is 0.692. The molecule has 0 aliphatic carbocycles. The summed E-state index contributed by atoms with van der Waals surface area (Å²) < 4.78 is 10.7. The van der Waals surface area contributed by atoms with E-state index in [0.29, 0.717) is 19.1 Å². The van der Waals surface area contributed by atoms with Crippen molar-refractivity contribution in [3.8, 4) is 0 Å². The Morgan fingerprint density at radius 1 is 1.58 bits per heavy atom. The molecular formula is C13H22N4O2. The van der Waals surface area contributed by atoms with E-state index in [4.69, 9.17) is 15.0 Å².